The number of nitrogens with zero attached hydrogens (tertiary/aromatic N) is 2. The number of aliphatic hydroxyl groups excluding tert-OH is 1. The van der Waals surface area contributed by atoms with Crippen LogP contribution >= 0.6 is 0 Å². The van der Waals surface area contributed by atoms with Crippen molar-refractivity contribution in [3.05, 3.63) is 11.4 Å². The number of nitrogens with one attached hydrogen (secondary N) is 1. The van der Waals surface area contributed by atoms with Gasteiger partial charge in [-0.3, -0.25) is 9.48 Å². The molecule has 0 spiro atoms. The molecular weight excluding hydrogens is 232 g/mol. The standard InChI is InChI=1S/C12H22N4O2/c1-8-9(13)10(16(4)15-8)11(18)14-7-12(2,3)5-6-17/h17H,5-7,13H2,1-4H3,(H,14,18). The van der Waals surface area contributed by atoms with E-state index in [9.17, 15) is 4.79 Å². The monoisotopic (exact) mass is 254 g/mol. The van der Waals surface area contributed by atoms with Crippen molar-refractivity contribution in [1.82, 2.24) is 15.1 Å². The Kier molecular flexibility index (Phi) is 4.34. The lowest BCUT2D eigenvalue weighted by atomic mass is 9.90. The van der Waals surface area contributed by atoms with Crippen molar-refractivity contribution in [2.75, 3.05) is 18.9 Å². The molecule has 0 saturated carbocycles. The molecule has 1 amide bonds. The van der Waals surface area contributed by atoms with Crippen LogP contribution in [0.3, 0.4) is 0 Å². The van der Waals surface area contributed by atoms with E-state index in [1.54, 1.807) is 14.0 Å². The molecule has 0 atom stereocenters. The van der Waals surface area contributed by atoms with Crippen LogP contribution in [0.5, 0.6) is 0 Å². The predicted molar refractivity (Wildman–Crippen MR) is 70.2 cm³/mol. The first kappa shape index (κ1) is 14.5. The number of aryl methyl sites for hydroxylation is 2. The molecule has 18 heavy (non-hydrogen) atoms. The van der Waals surface area contributed by atoms with E-state index in [0.29, 0.717) is 30.0 Å². The van der Waals surface area contributed by atoms with Crippen LogP contribution in [-0.2, 0) is 7.05 Å². The molecule has 1 heterocycles. The Balaban J connectivity index is 2.72. The van der Waals surface area contributed by atoms with Gasteiger partial charge in [0.1, 0.15) is 5.69 Å². The highest BCUT2D eigenvalue weighted by Crippen LogP contribution is 2.19. The molecule has 0 saturated heterocycles. The van der Waals surface area contributed by atoms with E-state index < -0.39 is 0 Å². The van der Waals surface area contributed by atoms with Crippen molar-refractivity contribution in [3.63, 3.8) is 0 Å². The Bertz CT molecular complexity index is 438. The summed E-state index contributed by atoms with van der Waals surface area (Å²) >= 11 is 0. The van der Waals surface area contributed by atoms with Crippen molar-refractivity contribution in [2.45, 2.75) is 27.2 Å². The Labute approximate surface area is 107 Å². The van der Waals surface area contributed by atoms with Gasteiger partial charge in [0.05, 0.1) is 11.4 Å². The zero-order chi connectivity index (χ0) is 13.9. The minimum absolute atomic E-state index is 0.107. The second kappa shape index (κ2) is 5.39. The highest BCUT2D eigenvalue weighted by Gasteiger charge is 2.22. The number of hydrogen-bond acceptors (Lipinski definition) is 4. The van der Waals surface area contributed by atoms with Gasteiger partial charge in [0.2, 0.25) is 0 Å². The maximum absolute atomic E-state index is 12.0. The molecule has 0 bridgehead atoms. The van der Waals surface area contributed by atoms with E-state index in [1.165, 1.54) is 4.68 Å². The lowest BCUT2D eigenvalue weighted by Gasteiger charge is -2.23. The summed E-state index contributed by atoms with van der Waals surface area (Å²) in [4.78, 5) is 12.0. The Morgan fingerprint density at radius 1 is 1.56 bits per heavy atom. The van der Waals surface area contributed by atoms with Crippen molar-refractivity contribution in [2.24, 2.45) is 12.5 Å². The quantitative estimate of drug-likeness (QED) is 0.711. The minimum atomic E-state index is -0.235. The molecule has 0 aliphatic carbocycles. The number of anilines is 1. The van der Waals surface area contributed by atoms with Gasteiger partial charge in [0.15, 0.2) is 0 Å². The van der Waals surface area contributed by atoms with Gasteiger partial charge in [-0.2, -0.15) is 5.10 Å². The van der Waals surface area contributed by atoms with Gasteiger partial charge >= 0.3 is 0 Å². The van der Waals surface area contributed by atoms with Crippen molar-refractivity contribution in [1.29, 1.82) is 0 Å². The van der Waals surface area contributed by atoms with E-state index >= 15 is 0 Å². The Morgan fingerprint density at radius 2 is 2.17 bits per heavy atom. The molecule has 0 aliphatic rings. The van der Waals surface area contributed by atoms with Gasteiger partial charge in [-0.15, -0.1) is 0 Å². The average Bonchev–Trinajstić information content (AvgIpc) is 2.50. The molecule has 102 valence electrons. The number of carbonyl (C=O) groups excluding carboxylic acids is 1. The smallest absolute Gasteiger partial charge is 0.271 e. The zero-order valence-corrected chi connectivity index (χ0v) is 11.4. The summed E-state index contributed by atoms with van der Waals surface area (Å²) in [6, 6.07) is 0. The van der Waals surface area contributed by atoms with Crippen LogP contribution in [0.15, 0.2) is 0 Å². The third-order valence-electron chi connectivity index (χ3n) is 3.00. The fraction of sp³-hybridized carbons (Fsp3) is 0.667. The summed E-state index contributed by atoms with van der Waals surface area (Å²) in [6.45, 7) is 6.33. The largest absolute Gasteiger partial charge is 0.396 e. The summed E-state index contributed by atoms with van der Waals surface area (Å²) < 4.78 is 1.49. The van der Waals surface area contributed by atoms with E-state index in [4.69, 9.17) is 10.8 Å². The fourth-order valence-corrected chi connectivity index (χ4v) is 1.74. The molecule has 0 aliphatic heterocycles. The summed E-state index contributed by atoms with van der Waals surface area (Å²) in [5, 5.41) is 15.9. The summed E-state index contributed by atoms with van der Waals surface area (Å²) in [5.41, 5.74) is 7.12. The van der Waals surface area contributed by atoms with E-state index in [0.717, 1.165) is 0 Å². The first-order valence-corrected chi connectivity index (χ1v) is 5.96. The highest BCUT2D eigenvalue weighted by molar-refractivity contribution is 5.97. The average molecular weight is 254 g/mol. The number of nitrogens with two attached hydrogens (primary N) is 1. The number of nitrogen functional groups attached to an aromatic ring is 1. The minimum Gasteiger partial charge on any atom is -0.396 e. The van der Waals surface area contributed by atoms with Crippen molar-refractivity contribution < 1.29 is 9.90 Å². The Morgan fingerprint density at radius 3 is 2.61 bits per heavy atom. The zero-order valence-electron chi connectivity index (χ0n) is 11.4. The lowest BCUT2D eigenvalue weighted by molar-refractivity contribution is 0.0919. The maximum atomic E-state index is 12.0. The van der Waals surface area contributed by atoms with Crippen LogP contribution in [0.25, 0.3) is 0 Å². The van der Waals surface area contributed by atoms with Crippen LogP contribution in [0.4, 0.5) is 5.69 Å². The van der Waals surface area contributed by atoms with Gasteiger partial charge in [-0.25, -0.2) is 0 Å². The molecular formula is C12H22N4O2. The normalized spacial score (nSPS) is 11.6. The molecule has 1 aromatic heterocycles. The SMILES string of the molecule is Cc1nn(C)c(C(=O)NCC(C)(C)CCO)c1N. The van der Waals surface area contributed by atoms with Gasteiger partial charge in [0, 0.05) is 20.2 Å². The highest BCUT2D eigenvalue weighted by atomic mass is 16.3. The summed E-state index contributed by atoms with van der Waals surface area (Å²) in [5.74, 6) is -0.235. The van der Waals surface area contributed by atoms with Crippen LogP contribution in [-0.4, -0.2) is 33.9 Å². The molecule has 0 radical (unpaired) electrons. The van der Waals surface area contributed by atoms with Crippen LogP contribution in [0.1, 0.15) is 36.5 Å². The maximum Gasteiger partial charge on any atom is 0.271 e. The summed E-state index contributed by atoms with van der Waals surface area (Å²) in [6.07, 6.45) is 0.632. The second-order valence-corrected chi connectivity index (χ2v) is 5.29. The number of aromatic nitrogens is 2. The molecule has 1 aromatic rings. The van der Waals surface area contributed by atoms with Crippen molar-refractivity contribution in [3.8, 4) is 0 Å². The molecule has 6 heteroatoms. The number of carbonyl (C=O) groups is 1. The molecule has 0 aromatic carbocycles. The third-order valence-corrected chi connectivity index (χ3v) is 3.00. The molecule has 4 N–H and O–H groups in total. The number of rotatable bonds is 5. The van der Waals surface area contributed by atoms with Crippen LogP contribution in [0.2, 0.25) is 0 Å². The molecule has 0 fully saturated rings. The number of aliphatic hydroxyl groups is 1. The Hall–Kier alpha value is -1.56. The van der Waals surface area contributed by atoms with Crippen molar-refractivity contribution >= 4 is 11.6 Å². The lowest BCUT2D eigenvalue weighted by Crippen LogP contribution is -2.35. The van der Waals surface area contributed by atoms with Crippen LogP contribution in [0, 0.1) is 12.3 Å². The second-order valence-electron chi connectivity index (χ2n) is 5.29. The number of hydrogen-bond donors (Lipinski definition) is 3. The first-order chi connectivity index (χ1) is 8.28. The topological polar surface area (TPSA) is 93.2 Å². The van der Waals surface area contributed by atoms with Gasteiger partial charge in [-0.05, 0) is 18.8 Å². The first-order valence-electron chi connectivity index (χ1n) is 5.96. The van der Waals surface area contributed by atoms with E-state index in [2.05, 4.69) is 10.4 Å². The molecule has 0 unspecified atom stereocenters. The van der Waals surface area contributed by atoms with E-state index in [-0.39, 0.29) is 17.9 Å². The van der Waals surface area contributed by atoms with Gasteiger partial charge in [-0.1, -0.05) is 13.8 Å². The van der Waals surface area contributed by atoms with Gasteiger partial charge in [0.25, 0.3) is 5.91 Å². The summed E-state index contributed by atoms with van der Waals surface area (Å²) in [7, 11) is 1.69. The molecule has 1 rings (SSSR count). The van der Waals surface area contributed by atoms with E-state index in [1.807, 2.05) is 13.8 Å². The predicted octanol–water partition coefficient (Wildman–Crippen LogP) is 0.449. The number of amides is 1. The van der Waals surface area contributed by atoms with Crippen LogP contribution < -0.4 is 11.1 Å². The third kappa shape index (κ3) is 3.22. The van der Waals surface area contributed by atoms with Gasteiger partial charge < -0.3 is 16.2 Å². The molecule has 6 nitrogen and oxygen atoms in total. The fourth-order valence-electron chi connectivity index (χ4n) is 1.74.